The summed E-state index contributed by atoms with van der Waals surface area (Å²) in [5, 5.41) is 5.18. The van der Waals surface area contributed by atoms with Crippen molar-refractivity contribution in [3.05, 3.63) is 106 Å². The van der Waals surface area contributed by atoms with Gasteiger partial charge in [0.05, 0.1) is 58.7 Å². The fourth-order valence-corrected chi connectivity index (χ4v) is 10.9. The molecule has 3 aromatic carbocycles. The van der Waals surface area contributed by atoms with Crippen molar-refractivity contribution in [1.82, 2.24) is 30.0 Å². The quantitative estimate of drug-likeness (QED) is 0.110. The summed E-state index contributed by atoms with van der Waals surface area (Å²) < 4.78 is 37.8. The Labute approximate surface area is 401 Å². The molecule has 0 aliphatic carbocycles. The molecule has 0 spiro atoms. The van der Waals surface area contributed by atoms with Crippen LogP contribution in [0.1, 0.15) is 89.3 Å². The number of amides is 5. The van der Waals surface area contributed by atoms with Crippen LogP contribution < -0.4 is 20.3 Å². The summed E-state index contributed by atoms with van der Waals surface area (Å²) in [6.07, 6.45) is 4.61. The molecule has 360 valence electrons. The van der Waals surface area contributed by atoms with E-state index >= 15 is 0 Å². The van der Waals surface area contributed by atoms with Crippen LogP contribution in [0.5, 0.6) is 5.75 Å². The van der Waals surface area contributed by atoms with Crippen LogP contribution in [-0.4, -0.2) is 146 Å². The third-order valence-electron chi connectivity index (χ3n) is 13.2. The average Bonchev–Trinajstić information content (AvgIpc) is 3.59. The van der Waals surface area contributed by atoms with Crippen LogP contribution >= 0.6 is 11.6 Å². The third kappa shape index (κ3) is 10.5. The van der Waals surface area contributed by atoms with Gasteiger partial charge < -0.3 is 24.6 Å². The lowest BCUT2D eigenvalue weighted by Gasteiger charge is -2.43. The first-order chi connectivity index (χ1) is 32.7. The van der Waals surface area contributed by atoms with Gasteiger partial charge in [0.15, 0.2) is 9.84 Å². The zero-order valence-corrected chi connectivity index (χ0v) is 40.1. The number of hydrogen-bond donors (Lipinski definition) is 2. The average molecular weight is 970 g/mol. The van der Waals surface area contributed by atoms with Crippen molar-refractivity contribution in [3.8, 4) is 5.75 Å². The smallest absolute Gasteiger partial charge is 0.264 e. The van der Waals surface area contributed by atoms with Gasteiger partial charge in [0.1, 0.15) is 17.6 Å². The number of nitrogens with one attached hydrogen (secondary N) is 2. The summed E-state index contributed by atoms with van der Waals surface area (Å²) in [5.74, 6) is -0.900. The van der Waals surface area contributed by atoms with Crippen molar-refractivity contribution in [2.45, 2.75) is 81.0 Å². The lowest BCUT2D eigenvalue weighted by atomic mass is 10.0. The monoisotopic (exact) mass is 968 g/mol. The molecule has 17 nitrogen and oxygen atoms in total. The summed E-state index contributed by atoms with van der Waals surface area (Å²) in [6.45, 7) is 8.90. The maximum Gasteiger partial charge on any atom is 0.264 e. The van der Waals surface area contributed by atoms with Gasteiger partial charge in [-0.1, -0.05) is 41.9 Å². The van der Waals surface area contributed by atoms with Crippen molar-refractivity contribution in [2.24, 2.45) is 0 Å². The lowest BCUT2D eigenvalue weighted by Crippen LogP contribution is -2.54. The van der Waals surface area contributed by atoms with E-state index in [0.29, 0.717) is 59.9 Å². The number of ether oxygens (including phenoxy) is 2. The number of rotatable bonds is 17. The first-order valence-corrected chi connectivity index (χ1v) is 25.1. The molecule has 0 saturated carbocycles. The lowest BCUT2D eigenvalue weighted by molar-refractivity contribution is -0.136. The fourth-order valence-electron chi connectivity index (χ4n) is 9.43. The number of fused-ring (bicyclic) bond motifs is 1. The second-order valence-corrected chi connectivity index (χ2v) is 20.6. The highest BCUT2D eigenvalue weighted by atomic mass is 35.5. The Hall–Kier alpha value is -5.95. The molecule has 19 heteroatoms. The second-order valence-electron chi connectivity index (χ2n) is 17.7. The molecule has 4 aliphatic heterocycles. The maximum absolute atomic E-state index is 13.3. The highest BCUT2D eigenvalue weighted by Crippen LogP contribution is 2.34. The summed E-state index contributed by atoms with van der Waals surface area (Å²) in [4.78, 5) is 80.9. The molecule has 3 fully saturated rings. The number of carbonyl (C=O) groups excluding carboxylic acids is 5. The van der Waals surface area contributed by atoms with E-state index in [9.17, 15) is 32.4 Å². The van der Waals surface area contributed by atoms with E-state index in [4.69, 9.17) is 26.1 Å². The molecule has 4 aromatic rings. The van der Waals surface area contributed by atoms with E-state index in [0.717, 1.165) is 60.9 Å². The molecule has 0 bridgehead atoms. The minimum atomic E-state index is -3.50. The predicted molar refractivity (Wildman–Crippen MR) is 255 cm³/mol. The van der Waals surface area contributed by atoms with Crippen molar-refractivity contribution in [2.75, 3.05) is 76.4 Å². The Morgan fingerprint density at radius 2 is 1.66 bits per heavy atom. The van der Waals surface area contributed by atoms with E-state index in [1.807, 2.05) is 17.0 Å². The van der Waals surface area contributed by atoms with Gasteiger partial charge in [-0.25, -0.2) is 18.4 Å². The Balaban J connectivity index is 0.756. The molecular formula is C49H57ClN8O9S. The molecular weight excluding hydrogens is 912 g/mol. The predicted octanol–water partition coefficient (Wildman–Crippen LogP) is 4.54. The first-order valence-electron chi connectivity index (χ1n) is 23.2. The number of methoxy groups -OCH3 is 1. The number of hydrogen-bond acceptors (Lipinski definition) is 14. The van der Waals surface area contributed by atoms with Gasteiger partial charge in [0.2, 0.25) is 17.7 Å². The minimum Gasteiger partial charge on any atom is -0.496 e. The van der Waals surface area contributed by atoms with E-state index in [1.54, 1.807) is 63.6 Å². The van der Waals surface area contributed by atoms with Crippen LogP contribution in [0, 0.1) is 0 Å². The zero-order valence-electron chi connectivity index (χ0n) is 38.5. The Kier molecular flexibility index (Phi) is 15.1. The molecule has 1 atom stereocenters. The summed E-state index contributed by atoms with van der Waals surface area (Å²) in [5.41, 5.74) is 4.03. The number of nitrogens with zero attached hydrogens (tertiary/aromatic N) is 6. The van der Waals surface area contributed by atoms with Crippen molar-refractivity contribution in [3.63, 3.8) is 0 Å². The number of sulfone groups is 1. The molecule has 4 aliphatic rings. The van der Waals surface area contributed by atoms with E-state index < -0.39 is 44.8 Å². The highest BCUT2D eigenvalue weighted by Gasteiger charge is 2.45. The van der Waals surface area contributed by atoms with Gasteiger partial charge in [-0.3, -0.25) is 39.1 Å². The van der Waals surface area contributed by atoms with E-state index in [1.165, 1.54) is 0 Å². The van der Waals surface area contributed by atoms with Crippen molar-refractivity contribution in [1.29, 1.82) is 0 Å². The number of aromatic nitrogens is 2. The van der Waals surface area contributed by atoms with Gasteiger partial charge >= 0.3 is 0 Å². The largest absolute Gasteiger partial charge is 0.496 e. The number of carbonyl (C=O) groups is 5. The molecule has 0 radical (unpaired) electrons. The van der Waals surface area contributed by atoms with Crippen LogP contribution in [-0.2, 0) is 41.8 Å². The van der Waals surface area contributed by atoms with Gasteiger partial charge in [0, 0.05) is 100 Å². The number of piperazine rings is 1. The Bertz CT molecular complexity index is 2690. The molecule has 68 heavy (non-hydrogen) atoms. The number of piperidine rings is 2. The third-order valence-corrected chi connectivity index (χ3v) is 15.8. The fraction of sp³-hybridized carbons (Fsp3) is 0.449. The molecule has 8 rings (SSSR count). The van der Waals surface area contributed by atoms with E-state index in [-0.39, 0.29) is 60.8 Å². The van der Waals surface area contributed by atoms with Crippen LogP contribution in [0.2, 0.25) is 5.02 Å². The first kappa shape index (κ1) is 48.5. The molecule has 3 saturated heterocycles. The minimum absolute atomic E-state index is 0.0481. The van der Waals surface area contributed by atoms with Crippen LogP contribution in [0.3, 0.4) is 0 Å². The SMILES string of the molecule is COc1cc(N2CCC(N3CCN(C(=O)CCOCCNc4cccc5c4C(=O)N(C4CCC(=O)NC4=O)C5=O)CC3)CC2)ccc1Cc1ncc(Cl)c(Cc2ccccc2S(=O)(=O)C(C)C)n1. The van der Waals surface area contributed by atoms with Crippen LogP contribution in [0.15, 0.2) is 71.8 Å². The van der Waals surface area contributed by atoms with Crippen molar-refractivity contribution >= 4 is 62.3 Å². The van der Waals surface area contributed by atoms with Gasteiger partial charge in [0.25, 0.3) is 11.8 Å². The van der Waals surface area contributed by atoms with Crippen LogP contribution in [0.25, 0.3) is 0 Å². The standard InChI is InChI=1S/C49H57ClN8O9S/c1-31(2)68(64,65)42-10-5-4-7-33(42)27-39-37(50)30-52-43(53-39)28-32-11-12-35(29-41(32)66-3)55-19-15-34(16-20-55)56-21-23-57(24-22-56)45(60)17-25-67-26-18-51-38-9-6-8-36-46(38)49(63)58(48(36)62)40-13-14-44(59)54-47(40)61/h4-12,29-31,34,40,51H,13-28H2,1-3H3,(H,54,59,61). The Morgan fingerprint density at radius 3 is 2.40 bits per heavy atom. The number of anilines is 2. The number of benzene rings is 3. The number of halogens is 1. The number of imide groups is 2. The highest BCUT2D eigenvalue weighted by molar-refractivity contribution is 7.92. The summed E-state index contributed by atoms with van der Waals surface area (Å²) in [6, 6.07) is 17.5. The van der Waals surface area contributed by atoms with Crippen molar-refractivity contribution < 1.29 is 41.9 Å². The molecule has 2 N–H and O–H groups in total. The maximum atomic E-state index is 13.3. The summed E-state index contributed by atoms with van der Waals surface area (Å²) in [7, 11) is -1.85. The molecule has 1 aromatic heterocycles. The molecule has 5 amide bonds. The van der Waals surface area contributed by atoms with Crippen LogP contribution in [0.4, 0.5) is 11.4 Å². The molecule has 1 unspecified atom stereocenters. The second kappa shape index (κ2) is 21.1. The molecule has 5 heterocycles. The topological polar surface area (TPSA) is 201 Å². The normalized spacial score (nSPS) is 18.3. The van der Waals surface area contributed by atoms with E-state index in [2.05, 4.69) is 37.6 Å². The van der Waals surface area contributed by atoms with Gasteiger partial charge in [-0.2, -0.15) is 0 Å². The zero-order chi connectivity index (χ0) is 48.1. The van der Waals surface area contributed by atoms with Gasteiger partial charge in [-0.15, -0.1) is 0 Å². The Morgan fingerprint density at radius 1 is 0.897 bits per heavy atom. The van der Waals surface area contributed by atoms with Gasteiger partial charge in [-0.05, 0) is 62.9 Å². The summed E-state index contributed by atoms with van der Waals surface area (Å²) >= 11 is 6.55.